The zero-order chi connectivity index (χ0) is 20.2. The lowest BCUT2D eigenvalue weighted by atomic mass is 10.3. The summed E-state index contributed by atoms with van der Waals surface area (Å²) in [5, 5.41) is 5.00. The molecule has 2 N–H and O–H groups in total. The van der Waals surface area contributed by atoms with Crippen LogP contribution in [0.4, 0.5) is 9.59 Å². The summed E-state index contributed by atoms with van der Waals surface area (Å²) in [7, 11) is 2.78. The largest absolute Gasteiger partial charge is 0.447 e. The van der Waals surface area contributed by atoms with Crippen molar-refractivity contribution in [2.75, 3.05) is 33.9 Å². The minimum atomic E-state index is -0.748. The first-order valence-corrected chi connectivity index (χ1v) is 8.24. The van der Waals surface area contributed by atoms with Crippen molar-refractivity contribution in [1.82, 2.24) is 15.7 Å². The lowest BCUT2D eigenvalue weighted by Gasteiger charge is -2.18. The molecule has 0 aromatic rings. The fourth-order valence-electron chi connectivity index (χ4n) is 1.90. The highest BCUT2D eigenvalue weighted by atomic mass is 16.7. The fraction of sp³-hybridized carbons (Fsp3) is 0.667. The highest BCUT2D eigenvalue weighted by Crippen LogP contribution is 2.13. The standard InChI is InChI=1S/C15H23N3O9/c1-16-14(22)25-8-10(9-26-15(23)17-2)24-7-3-4-13(21)27-18-11(19)5-6-12(18)20/h10H,3-9H2,1-2H3,(H,16,22)(H,17,23). The van der Waals surface area contributed by atoms with Gasteiger partial charge in [0, 0.05) is 33.5 Å². The van der Waals surface area contributed by atoms with Crippen LogP contribution in [0.15, 0.2) is 0 Å². The second kappa shape index (κ2) is 11.7. The van der Waals surface area contributed by atoms with E-state index in [1.165, 1.54) is 14.1 Å². The highest BCUT2D eigenvalue weighted by molar-refractivity contribution is 6.01. The molecule has 1 heterocycles. The molecule has 152 valence electrons. The van der Waals surface area contributed by atoms with Gasteiger partial charge in [0.15, 0.2) is 0 Å². The molecule has 0 spiro atoms. The highest BCUT2D eigenvalue weighted by Gasteiger charge is 2.32. The van der Waals surface area contributed by atoms with E-state index < -0.39 is 36.1 Å². The van der Waals surface area contributed by atoms with Crippen LogP contribution in [0.3, 0.4) is 0 Å². The molecule has 4 amide bonds. The number of hydroxylamine groups is 2. The van der Waals surface area contributed by atoms with E-state index in [0.717, 1.165) is 0 Å². The van der Waals surface area contributed by atoms with E-state index in [2.05, 4.69) is 10.6 Å². The molecule has 27 heavy (non-hydrogen) atoms. The Kier molecular flexibility index (Phi) is 9.58. The van der Waals surface area contributed by atoms with Crippen molar-refractivity contribution in [1.29, 1.82) is 0 Å². The van der Waals surface area contributed by atoms with Gasteiger partial charge < -0.3 is 29.7 Å². The van der Waals surface area contributed by atoms with Gasteiger partial charge in [0.25, 0.3) is 11.8 Å². The van der Waals surface area contributed by atoms with Gasteiger partial charge in [-0.25, -0.2) is 14.4 Å². The van der Waals surface area contributed by atoms with Gasteiger partial charge in [0.2, 0.25) is 0 Å². The zero-order valence-corrected chi connectivity index (χ0v) is 15.1. The number of hydrogen-bond donors (Lipinski definition) is 2. The topological polar surface area (TPSA) is 150 Å². The second-order valence-corrected chi connectivity index (χ2v) is 5.34. The van der Waals surface area contributed by atoms with Crippen molar-refractivity contribution >= 4 is 30.0 Å². The average Bonchev–Trinajstić information content (AvgIpc) is 2.97. The number of imide groups is 1. The summed E-state index contributed by atoms with van der Waals surface area (Å²) in [6.45, 7) is -0.272. The van der Waals surface area contributed by atoms with Crippen molar-refractivity contribution in [3.05, 3.63) is 0 Å². The Bertz CT molecular complexity index is 531. The summed E-state index contributed by atoms with van der Waals surface area (Å²) in [6.07, 6.45) is -1.93. The first-order valence-electron chi connectivity index (χ1n) is 8.24. The van der Waals surface area contributed by atoms with Gasteiger partial charge in [-0.3, -0.25) is 9.59 Å². The quantitative estimate of drug-likeness (QED) is 0.371. The molecule has 0 unspecified atom stereocenters. The Balaban J connectivity index is 2.32. The molecule has 1 saturated heterocycles. The summed E-state index contributed by atoms with van der Waals surface area (Å²) in [4.78, 5) is 61.3. The molecule has 1 aliphatic heterocycles. The van der Waals surface area contributed by atoms with E-state index in [9.17, 15) is 24.0 Å². The smallest absolute Gasteiger partial charge is 0.406 e. The average molecular weight is 389 g/mol. The third-order valence-corrected chi connectivity index (χ3v) is 3.29. The zero-order valence-electron chi connectivity index (χ0n) is 15.1. The predicted octanol–water partition coefficient (Wildman–Crippen LogP) is -0.529. The van der Waals surface area contributed by atoms with Crippen molar-refractivity contribution in [2.24, 2.45) is 0 Å². The molecule has 1 fully saturated rings. The molecular formula is C15H23N3O9. The van der Waals surface area contributed by atoms with Crippen LogP contribution in [0.25, 0.3) is 0 Å². The SMILES string of the molecule is CNC(=O)OCC(COC(=O)NC)OCCCC(=O)ON1C(=O)CCC1=O. The first kappa shape index (κ1) is 22.2. The minimum Gasteiger partial charge on any atom is -0.447 e. The molecule has 1 rings (SSSR count). The van der Waals surface area contributed by atoms with Crippen LogP contribution < -0.4 is 10.6 Å². The van der Waals surface area contributed by atoms with E-state index in [1.807, 2.05) is 0 Å². The van der Waals surface area contributed by atoms with Gasteiger partial charge in [0.1, 0.15) is 19.3 Å². The molecule has 12 heteroatoms. The van der Waals surface area contributed by atoms with Crippen molar-refractivity contribution in [3.63, 3.8) is 0 Å². The number of nitrogens with zero attached hydrogens (tertiary/aromatic N) is 1. The van der Waals surface area contributed by atoms with Gasteiger partial charge in [0.05, 0.1) is 6.42 Å². The molecule has 0 aromatic carbocycles. The van der Waals surface area contributed by atoms with Gasteiger partial charge in [-0.15, -0.1) is 5.06 Å². The molecule has 12 nitrogen and oxygen atoms in total. The van der Waals surface area contributed by atoms with Crippen molar-refractivity contribution in [2.45, 2.75) is 31.8 Å². The van der Waals surface area contributed by atoms with E-state index in [1.54, 1.807) is 0 Å². The molecule has 0 aliphatic carbocycles. The number of carbonyl (C=O) groups excluding carboxylic acids is 5. The maximum absolute atomic E-state index is 11.7. The summed E-state index contributed by atoms with van der Waals surface area (Å²) in [6, 6.07) is 0. The van der Waals surface area contributed by atoms with E-state index in [4.69, 9.17) is 19.0 Å². The predicted molar refractivity (Wildman–Crippen MR) is 87.0 cm³/mol. The van der Waals surface area contributed by atoms with Crippen LogP contribution in [0.5, 0.6) is 0 Å². The lowest BCUT2D eigenvalue weighted by Crippen LogP contribution is -2.33. The van der Waals surface area contributed by atoms with Gasteiger partial charge in [-0.05, 0) is 6.42 Å². The fourth-order valence-corrected chi connectivity index (χ4v) is 1.90. The van der Waals surface area contributed by atoms with Crippen LogP contribution in [0.1, 0.15) is 25.7 Å². The maximum Gasteiger partial charge on any atom is 0.406 e. The van der Waals surface area contributed by atoms with E-state index in [-0.39, 0.29) is 45.5 Å². The third kappa shape index (κ3) is 8.35. The number of amides is 4. The van der Waals surface area contributed by atoms with Crippen LogP contribution in [-0.2, 0) is 33.4 Å². The van der Waals surface area contributed by atoms with Crippen molar-refractivity contribution < 1.29 is 43.0 Å². The summed E-state index contributed by atoms with van der Waals surface area (Å²) in [5.41, 5.74) is 0. The first-order chi connectivity index (χ1) is 12.9. The normalized spacial score (nSPS) is 13.5. The second-order valence-electron chi connectivity index (χ2n) is 5.34. The lowest BCUT2D eigenvalue weighted by molar-refractivity contribution is -0.197. The van der Waals surface area contributed by atoms with E-state index >= 15 is 0 Å². The van der Waals surface area contributed by atoms with E-state index in [0.29, 0.717) is 5.06 Å². The van der Waals surface area contributed by atoms with Crippen LogP contribution in [-0.4, -0.2) is 75.1 Å². The van der Waals surface area contributed by atoms with Crippen LogP contribution in [0, 0.1) is 0 Å². The molecule has 0 atom stereocenters. The number of carbonyl (C=O) groups is 5. The maximum atomic E-state index is 11.7. The Morgan fingerprint density at radius 3 is 2.00 bits per heavy atom. The molecule has 0 saturated carbocycles. The van der Waals surface area contributed by atoms with Crippen LogP contribution >= 0.6 is 0 Å². The molecular weight excluding hydrogens is 366 g/mol. The molecule has 0 radical (unpaired) electrons. The molecule has 1 aliphatic rings. The Labute approximate surface area is 155 Å². The Morgan fingerprint density at radius 1 is 1.00 bits per heavy atom. The van der Waals surface area contributed by atoms with Gasteiger partial charge >= 0.3 is 18.2 Å². The van der Waals surface area contributed by atoms with Gasteiger partial charge in [-0.1, -0.05) is 0 Å². The number of hydrogen-bond acceptors (Lipinski definition) is 9. The Morgan fingerprint density at radius 2 is 1.52 bits per heavy atom. The number of rotatable bonds is 10. The number of nitrogens with one attached hydrogen (secondary N) is 2. The molecule has 0 bridgehead atoms. The third-order valence-electron chi connectivity index (χ3n) is 3.29. The molecule has 0 aromatic heterocycles. The van der Waals surface area contributed by atoms with Gasteiger partial charge in [-0.2, -0.15) is 0 Å². The van der Waals surface area contributed by atoms with Crippen LogP contribution in [0.2, 0.25) is 0 Å². The summed E-state index contributed by atoms with van der Waals surface area (Å²) in [5.74, 6) is -1.85. The minimum absolute atomic E-state index is 0.0214. The van der Waals surface area contributed by atoms with Crippen molar-refractivity contribution in [3.8, 4) is 0 Å². The summed E-state index contributed by atoms with van der Waals surface area (Å²) < 4.78 is 15.1. The number of ether oxygens (including phenoxy) is 3. The summed E-state index contributed by atoms with van der Waals surface area (Å²) >= 11 is 0. The monoisotopic (exact) mass is 389 g/mol. The Hall–Kier alpha value is -2.89. The number of alkyl carbamates (subject to hydrolysis) is 2.